The molecule has 1 saturated carbocycles. The second-order valence-corrected chi connectivity index (χ2v) is 4.23. The lowest BCUT2D eigenvalue weighted by atomic mass is 10.1. The van der Waals surface area contributed by atoms with Crippen LogP contribution in [0.25, 0.3) is 0 Å². The van der Waals surface area contributed by atoms with Crippen LogP contribution in [0.2, 0.25) is 0 Å². The third kappa shape index (κ3) is 2.12. The lowest BCUT2D eigenvalue weighted by Crippen LogP contribution is -2.25. The second-order valence-electron chi connectivity index (χ2n) is 4.23. The second kappa shape index (κ2) is 4.18. The fourth-order valence-corrected chi connectivity index (χ4v) is 2.24. The van der Waals surface area contributed by atoms with Crippen LogP contribution in [0, 0.1) is 6.92 Å². The highest BCUT2D eigenvalue weighted by atomic mass is 16.3. The highest BCUT2D eigenvalue weighted by Crippen LogP contribution is 2.28. The van der Waals surface area contributed by atoms with E-state index in [-0.39, 0.29) is 12.1 Å². The lowest BCUT2D eigenvalue weighted by molar-refractivity contribution is 0.0999. The maximum atomic E-state index is 9.99. The summed E-state index contributed by atoms with van der Waals surface area (Å²) >= 11 is 0. The Morgan fingerprint density at radius 1 is 1.33 bits per heavy atom. The van der Waals surface area contributed by atoms with E-state index in [1.807, 2.05) is 6.92 Å². The molecule has 84 valence electrons. The maximum absolute atomic E-state index is 9.99. The van der Waals surface area contributed by atoms with E-state index in [0.717, 1.165) is 25.7 Å². The maximum Gasteiger partial charge on any atom is 0.219 e. The molecule has 0 radical (unpaired) electrons. The number of nitrogens with zero attached hydrogens (tertiary/aromatic N) is 3. The molecule has 3 N–H and O–H groups in total. The first-order valence-electron chi connectivity index (χ1n) is 5.55. The molecule has 0 saturated heterocycles. The zero-order valence-electron chi connectivity index (χ0n) is 9.06. The van der Waals surface area contributed by atoms with Crippen LogP contribution in [0.4, 0.5) is 5.95 Å². The summed E-state index contributed by atoms with van der Waals surface area (Å²) in [6.45, 7) is 1.82. The molecule has 0 spiro atoms. The van der Waals surface area contributed by atoms with Gasteiger partial charge < -0.3 is 10.8 Å². The van der Waals surface area contributed by atoms with E-state index in [4.69, 9.17) is 5.73 Å². The van der Waals surface area contributed by atoms with Gasteiger partial charge in [0, 0.05) is 0 Å². The Kier molecular flexibility index (Phi) is 2.90. The number of aliphatic hydroxyl groups is 1. The van der Waals surface area contributed by atoms with Crippen molar-refractivity contribution in [3.63, 3.8) is 0 Å². The summed E-state index contributed by atoms with van der Waals surface area (Å²) in [6.07, 6.45) is 4.83. The Morgan fingerprint density at radius 2 is 2.07 bits per heavy atom. The minimum Gasteiger partial charge on any atom is -0.391 e. The quantitative estimate of drug-likeness (QED) is 0.679. The molecule has 1 aliphatic carbocycles. The topological polar surface area (TPSA) is 77.0 Å². The summed E-state index contributed by atoms with van der Waals surface area (Å²) in [4.78, 5) is 4.07. The van der Waals surface area contributed by atoms with Gasteiger partial charge in [0.2, 0.25) is 5.95 Å². The molecule has 1 fully saturated rings. The van der Waals surface area contributed by atoms with Crippen molar-refractivity contribution >= 4 is 5.95 Å². The average molecular weight is 210 g/mol. The van der Waals surface area contributed by atoms with Crippen molar-refractivity contribution in [1.82, 2.24) is 14.8 Å². The van der Waals surface area contributed by atoms with Crippen molar-refractivity contribution in [3.8, 4) is 0 Å². The number of anilines is 1. The third-order valence-electron chi connectivity index (χ3n) is 3.02. The van der Waals surface area contributed by atoms with Crippen LogP contribution < -0.4 is 5.73 Å². The summed E-state index contributed by atoms with van der Waals surface area (Å²) in [5.41, 5.74) is 5.76. The molecule has 2 rings (SSSR count). The molecule has 2 unspecified atom stereocenters. The number of aromatic nitrogens is 3. The van der Waals surface area contributed by atoms with Gasteiger partial charge in [0.15, 0.2) is 0 Å². The number of aliphatic hydroxyl groups excluding tert-OH is 1. The number of hydrogen-bond donors (Lipinski definition) is 2. The van der Waals surface area contributed by atoms with Crippen molar-refractivity contribution in [2.24, 2.45) is 0 Å². The van der Waals surface area contributed by atoms with Gasteiger partial charge in [0.1, 0.15) is 5.82 Å². The summed E-state index contributed by atoms with van der Waals surface area (Å²) < 4.78 is 1.69. The van der Waals surface area contributed by atoms with Gasteiger partial charge in [-0.3, -0.25) is 0 Å². The largest absolute Gasteiger partial charge is 0.391 e. The Hall–Kier alpha value is -1.10. The molecule has 1 aromatic heterocycles. The Morgan fingerprint density at radius 3 is 2.73 bits per heavy atom. The normalized spacial score (nSPS) is 27.6. The molecule has 0 aliphatic heterocycles. The summed E-state index contributed by atoms with van der Waals surface area (Å²) in [6, 6.07) is 0.00806. The first-order chi connectivity index (χ1) is 7.18. The van der Waals surface area contributed by atoms with Gasteiger partial charge in [0.05, 0.1) is 12.1 Å². The Bertz CT molecular complexity index is 336. The van der Waals surface area contributed by atoms with Crippen LogP contribution in [-0.4, -0.2) is 26.0 Å². The molecule has 0 aromatic carbocycles. The molecule has 2 atom stereocenters. The predicted molar refractivity (Wildman–Crippen MR) is 57.3 cm³/mol. The van der Waals surface area contributed by atoms with Gasteiger partial charge in [-0.2, -0.15) is 10.1 Å². The van der Waals surface area contributed by atoms with Crippen molar-refractivity contribution < 1.29 is 5.11 Å². The number of nitrogens with two attached hydrogens (primary N) is 1. The number of hydrogen-bond acceptors (Lipinski definition) is 4. The van der Waals surface area contributed by atoms with Gasteiger partial charge in [-0.05, 0) is 19.8 Å². The van der Waals surface area contributed by atoms with E-state index in [2.05, 4.69) is 10.1 Å². The highest BCUT2D eigenvalue weighted by Gasteiger charge is 2.25. The van der Waals surface area contributed by atoms with Crippen molar-refractivity contribution in [1.29, 1.82) is 0 Å². The SMILES string of the molecule is Cc1nc(N)n(C2CCCCCC2O)n1. The van der Waals surface area contributed by atoms with Gasteiger partial charge >= 0.3 is 0 Å². The van der Waals surface area contributed by atoms with Gasteiger partial charge in [-0.15, -0.1) is 0 Å². The van der Waals surface area contributed by atoms with E-state index >= 15 is 0 Å². The Labute approximate surface area is 89.3 Å². The van der Waals surface area contributed by atoms with Crippen molar-refractivity contribution in [2.45, 2.75) is 51.2 Å². The van der Waals surface area contributed by atoms with Crippen LogP contribution in [0.15, 0.2) is 0 Å². The van der Waals surface area contributed by atoms with Crippen molar-refractivity contribution in [3.05, 3.63) is 5.82 Å². The van der Waals surface area contributed by atoms with Crippen LogP contribution in [0.3, 0.4) is 0 Å². The van der Waals surface area contributed by atoms with E-state index in [9.17, 15) is 5.11 Å². The predicted octanol–water partition coefficient (Wildman–Crippen LogP) is 1.03. The number of rotatable bonds is 1. The molecular formula is C10H18N4O. The zero-order valence-corrected chi connectivity index (χ0v) is 9.06. The first kappa shape index (κ1) is 10.4. The van der Waals surface area contributed by atoms with E-state index in [1.54, 1.807) is 4.68 Å². The zero-order chi connectivity index (χ0) is 10.8. The molecule has 1 aromatic rings. The molecule has 15 heavy (non-hydrogen) atoms. The molecule has 1 heterocycles. The first-order valence-corrected chi connectivity index (χ1v) is 5.55. The molecule has 0 amide bonds. The third-order valence-corrected chi connectivity index (χ3v) is 3.02. The van der Waals surface area contributed by atoms with Crippen LogP contribution in [-0.2, 0) is 0 Å². The Balaban J connectivity index is 2.23. The van der Waals surface area contributed by atoms with E-state index in [0.29, 0.717) is 11.8 Å². The fourth-order valence-electron chi connectivity index (χ4n) is 2.24. The fraction of sp³-hybridized carbons (Fsp3) is 0.800. The van der Waals surface area contributed by atoms with E-state index in [1.165, 1.54) is 6.42 Å². The number of aryl methyl sites for hydroxylation is 1. The minimum absolute atomic E-state index is 0.00806. The molecule has 1 aliphatic rings. The monoisotopic (exact) mass is 210 g/mol. The summed E-state index contributed by atoms with van der Waals surface area (Å²) in [5, 5.41) is 14.2. The molecule has 0 bridgehead atoms. The average Bonchev–Trinajstić information content (AvgIpc) is 2.39. The van der Waals surface area contributed by atoms with Crippen molar-refractivity contribution in [2.75, 3.05) is 5.73 Å². The smallest absolute Gasteiger partial charge is 0.219 e. The minimum atomic E-state index is -0.337. The van der Waals surface area contributed by atoms with E-state index < -0.39 is 0 Å². The van der Waals surface area contributed by atoms with Gasteiger partial charge in [-0.25, -0.2) is 4.68 Å². The lowest BCUT2D eigenvalue weighted by Gasteiger charge is -2.20. The number of nitrogen functional groups attached to an aromatic ring is 1. The van der Waals surface area contributed by atoms with Gasteiger partial charge in [0.25, 0.3) is 0 Å². The standard InChI is InChI=1S/C10H18N4O/c1-7-12-10(11)14(13-7)8-5-3-2-4-6-9(8)15/h8-9,15H,2-6H2,1H3,(H2,11,12,13). The van der Waals surface area contributed by atoms with Crippen LogP contribution in [0.5, 0.6) is 0 Å². The molecule has 5 nitrogen and oxygen atoms in total. The highest BCUT2D eigenvalue weighted by molar-refractivity contribution is 5.17. The van der Waals surface area contributed by atoms with Gasteiger partial charge in [-0.1, -0.05) is 19.3 Å². The molecular weight excluding hydrogens is 192 g/mol. The molecule has 5 heteroatoms. The summed E-state index contributed by atoms with van der Waals surface area (Å²) in [5.74, 6) is 1.09. The van der Waals surface area contributed by atoms with Crippen LogP contribution in [0.1, 0.15) is 44.0 Å². The van der Waals surface area contributed by atoms with Crippen LogP contribution >= 0.6 is 0 Å². The summed E-state index contributed by atoms with van der Waals surface area (Å²) in [7, 11) is 0.